The zero-order valence-corrected chi connectivity index (χ0v) is 9.69. The monoisotopic (exact) mass is 242 g/mol. The van der Waals surface area contributed by atoms with E-state index in [0.29, 0.717) is 10.6 Å². The first-order valence-corrected chi connectivity index (χ1v) is 5.77. The minimum absolute atomic E-state index is 0.0499. The molecule has 88 valence electrons. The van der Waals surface area contributed by atoms with Crippen LogP contribution in [0.25, 0.3) is 0 Å². The van der Waals surface area contributed by atoms with Crippen LogP contribution in [-0.4, -0.2) is 34.4 Å². The highest BCUT2D eigenvalue weighted by atomic mass is 35.5. The molecule has 0 aromatic carbocycles. The topological polar surface area (TPSA) is 56.6 Å². The van der Waals surface area contributed by atoms with E-state index in [4.69, 9.17) is 16.7 Å². The molecule has 1 fully saturated rings. The van der Waals surface area contributed by atoms with Gasteiger partial charge < -0.3 is 15.1 Å². The van der Waals surface area contributed by atoms with Crippen LogP contribution in [0.15, 0.2) is 12.3 Å². The van der Waals surface area contributed by atoms with Crippen LogP contribution < -0.4 is 4.90 Å². The summed E-state index contributed by atoms with van der Waals surface area (Å²) in [6.45, 7) is 1.49. The Hall–Kier alpha value is -0.840. The van der Waals surface area contributed by atoms with Crippen LogP contribution >= 0.6 is 11.6 Å². The van der Waals surface area contributed by atoms with Gasteiger partial charge in [0, 0.05) is 19.3 Å². The summed E-state index contributed by atoms with van der Waals surface area (Å²) < 4.78 is 0. The number of aliphatic hydroxyl groups excluding tert-OH is 2. The summed E-state index contributed by atoms with van der Waals surface area (Å²) in [4.78, 5) is 6.32. The number of aromatic nitrogens is 1. The summed E-state index contributed by atoms with van der Waals surface area (Å²) in [6, 6.07) is 1.73. The van der Waals surface area contributed by atoms with Crippen LogP contribution in [0.5, 0.6) is 0 Å². The summed E-state index contributed by atoms with van der Waals surface area (Å²) in [5, 5.41) is 18.9. The maximum absolute atomic E-state index is 9.41. The molecule has 4 nitrogen and oxygen atoms in total. The van der Waals surface area contributed by atoms with Gasteiger partial charge in [0.15, 0.2) is 0 Å². The number of aliphatic hydroxyl groups is 2. The van der Waals surface area contributed by atoms with Gasteiger partial charge in [-0.25, -0.2) is 4.98 Å². The predicted molar refractivity (Wildman–Crippen MR) is 62.6 cm³/mol. The number of pyridine rings is 1. The van der Waals surface area contributed by atoms with Gasteiger partial charge in [-0.2, -0.15) is 0 Å². The third kappa shape index (κ3) is 2.45. The number of anilines is 1. The van der Waals surface area contributed by atoms with Gasteiger partial charge in [-0.3, -0.25) is 0 Å². The van der Waals surface area contributed by atoms with Crippen molar-refractivity contribution in [2.24, 2.45) is 0 Å². The molecule has 2 rings (SSSR count). The van der Waals surface area contributed by atoms with Crippen LogP contribution in [0.4, 0.5) is 5.82 Å². The number of hydrogen-bond acceptors (Lipinski definition) is 4. The SMILES string of the molecule is OCc1cnc(N2CCC(O)CC2)c(Cl)c1. The van der Waals surface area contributed by atoms with Crippen molar-refractivity contribution in [1.29, 1.82) is 0 Å². The minimum Gasteiger partial charge on any atom is -0.393 e. The quantitative estimate of drug-likeness (QED) is 0.818. The standard InChI is InChI=1S/C11H15ClN2O2/c12-10-5-8(7-15)6-13-11(10)14-3-1-9(16)2-4-14/h5-6,9,15-16H,1-4,7H2. The lowest BCUT2D eigenvalue weighted by atomic mass is 10.1. The van der Waals surface area contributed by atoms with Crippen molar-refractivity contribution in [3.8, 4) is 0 Å². The van der Waals surface area contributed by atoms with Crippen molar-refractivity contribution < 1.29 is 10.2 Å². The summed E-state index contributed by atoms with van der Waals surface area (Å²) >= 11 is 6.10. The third-order valence-electron chi connectivity index (χ3n) is 2.82. The van der Waals surface area contributed by atoms with Crippen LogP contribution in [0.2, 0.25) is 5.02 Å². The van der Waals surface area contributed by atoms with Crippen LogP contribution in [0.1, 0.15) is 18.4 Å². The second-order valence-corrected chi connectivity index (χ2v) is 4.43. The Kier molecular flexibility index (Phi) is 3.63. The fraction of sp³-hybridized carbons (Fsp3) is 0.545. The van der Waals surface area contributed by atoms with E-state index >= 15 is 0 Å². The maximum Gasteiger partial charge on any atom is 0.147 e. The molecule has 0 saturated carbocycles. The molecule has 1 aromatic heterocycles. The van der Waals surface area contributed by atoms with E-state index < -0.39 is 0 Å². The lowest BCUT2D eigenvalue weighted by Gasteiger charge is -2.31. The zero-order valence-electron chi connectivity index (χ0n) is 8.93. The van der Waals surface area contributed by atoms with Crippen molar-refractivity contribution in [3.05, 3.63) is 22.8 Å². The molecular formula is C11H15ClN2O2. The molecule has 0 unspecified atom stereocenters. The Balaban J connectivity index is 2.14. The molecule has 0 atom stereocenters. The molecule has 1 saturated heterocycles. The van der Waals surface area contributed by atoms with E-state index in [-0.39, 0.29) is 12.7 Å². The normalized spacial score (nSPS) is 17.8. The fourth-order valence-corrected chi connectivity index (χ4v) is 2.18. The van der Waals surface area contributed by atoms with Crippen molar-refractivity contribution in [2.45, 2.75) is 25.6 Å². The lowest BCUT2D eigenvalue weighted by molar-refractivity contribution is 0.145. The van der Waals surface area contributed by atoms with Crippen molar-refractivity contribution in [1.82, 2.24) is 4.98 Å². The Morgan fingerprint density at radius 1 is 1.44 bits per heavy atom. The Morgan fingerprint density at radius 2 is 2.12 bits per heavy atom. The van der Waals surface area contributed by atoms with Gasteiger partial charge in [0.2, 0.25) is 0 Å². The van der Waals surface area contributed by atoms with Crippen molar-refractivity contribution in [3.63, 3.8) is 0 Å². The van der Waals surface area contributed by atoms with Crippen LogP contribution in [0.3, 0.4) is 0 Å². The van der Waals surface area contributed by atoms with Gasteiger partial charge in [-0.05, 0) is 24.5 Å². The molecule has 1 aromatic rings. The summed E-state index contributed by atoms with van der Waals surface area (Å²) in [6.07, 6.45) is 2.93. The first-order chi connectivity index (χ1) is 7.70. The number of nitrogens with zero attached hydrogens (tertiary/aromatic N) is 2. The molecule has 5 heteroatoms. The largest absolute Gasteiger partial charge is 0.393 e. The second-order valence-electron chi connectivity index (χ2n) is 4.03. The van der Waals surface area contributed by atoms with Crippen molar-refractivity contribution in [2.75, 3.05) is 18.0 Å². The Bertz CT molecular complexity index is 365. The summed E-state index contributed by atoms with van der Waals surface area (Å²) in [5.41, 5.74) is 0.714. The average Bonchev–Trinajstić information content (AvgIpc) is 2.30. The summed E-state index contributed by atoms with van der Waals surface area (Å²) in [5.74, 6) is 0.741. The second kappa shape index (κ2) is 4.99. The molecule has 2 heterocycles. The third-order valence-corrected chi connectivity index (χ3v) is 3.10. The van der Waals surface area contributed by atoms with Gasteiger partial charge in [-0.1, -0.05) is 11.6 Å². The maximum atomic E-state index is 9.41. The fourth-order valence-electron chi connectivity index (χ4n) is 1.87. The van der Waals surface area contributed by atoms with Gasteiger partial charge in [0.05, 0.1) is 17.7 Å². The van der Waals surface area contributed by atoms with E-state index in [1.54, 1.807) is 12.3 Å². The lowest BCUT2D eigenvalue weighted by Crippen LogP contribution is -2.36. The summed E-state index contributed by atoms with van der Waals surface area (Å²) in [7, 11) is 0. The van der Waals surface area contributed by atoms with Gasteiger partial charge in [0.25, 0.3) is 0 Å². The molecule has 1 aliphatic heterocycles. The molecule has 16 heavy (non-hydrogen) atoms. The molecule has 0 spiro atoms. The minimum atomic E-state index is -0.202. The highest BCUT2D eigenvalue weighted by Crippen LogP contribution is 2.26. The number of rotatable bonds is 2. The molecule has 0 amide bonds. The highest BCUT2D eigenvalue weighted by Gasteiger charge is 2.19. The Morgan fingerprint density at radius 3 is 2.69 bits per heavy atom. The van der Waals surface area contributed by atoms with Gasteiger partial charge in [-0.15, -0.1) is 0 Å². The molecule has 0 aliphatic carbocycles. The van der Waals surface area contributed by atoms with Gasteiger partial charge in [0.1, 0.15) is 5.82 Å². The van der Waals surface area contributed by atoms with Crippen molar-refractivity contribution >= 4 is 17.4 Å². The Labute approximate surface area is 99.5 Å². The molecule has 2 N–H and O–H groups in total. The smallest absolute Gasteiger partial charge is 0.147 e. The van der Waals surface area contributed by atoms with Crippen LogP contribution in [0, 0.1) is 0 Å². The van der Waals surface area contributed by atoms with E-state index in [1.807, 2.05) is 0 Å². The van der Waals surface area contributed by atoms with E-state index in [1.165, 1.54) is 0 Å². The number of piperidine rings is 1. The number of halogens is 1. The van der Waals surface area contributed by atoms with E-state index in [0.717, 1.165) is 31.7 Å². The molecule has 0 radical (unpaired) electrons. The first kappa shape index (κ1) is 11.6. The van der Waals surface area contributed by atoms with Gasteiger partial charge >= 0.3 is 0 Å². The highest BCUT2D eigenvalue weighted by molar-refractivity contribution is 6.33. The first-order valence-electron chi connectivity index (χ1n) is 5.39. The van der Waals surface area contributed by atoms with E-state index in [2.05, 4.69) is 9.88 Å². The van der Waals surface area contributed by atoms with E-state index in [9.17, 15) is 5.11 Å². The molecule has 1 aliphatic rings. The van der Waals surface area contributed by atoms with Crippen LogP contribution in [-0.2, 0) is 6.61 Å². The number of hydrogen-bond donors (Lipinski definition) is 2. The zero-order chi connectivity index (χ0) is 11.5. The average molecular weight is 243 g/mol. The predicted octanol–water partition coefficient (Wildman–Crippen LogP) is 1.19. The molecular weight excluding hydrogens is 228 g/mol. The molecule has 0 bridgehead atoms.